The third-order valence-corrected chi connectivity index (χ3v) is 8.14. The molecule has 2 aliphatic heterocycles. The number of aromatic nitrogens is 2. The Bertz CT molecular complexity index is 1000. The van der Waals surface area contributed by atoms with E-state index in [0.717, 1.165) is 12.0 Å². The number of methoxy groups -OCH3 is 2. The monoisotopic (exact) mass is 421 g/mol. The standard InChI is InChI=1S/C20H27N3O5S/c1-14-13-21-22(2)19(14)29(24,25)23-8-6-20(7-9-23)16-12-18(27-4)17(26-3)11-15(16)5-10-28-20/h11-13H,5-10H2,1-4H3. The molecule has 0 radical (unpaired) electrons. The summed E-state index contributed by atoms with van der Waals surface area (Å²) in [6.07, 6.45) is 3.56. The molecule has 8 nitrogen and oxygen atoms in total. The first-order valence-corrected chi connectivity index (χ1v) is 11.1. The summed E-state index contributed by atoms with van der Waals surface area (Å²) in [5, 5.41) is 4.34. The van der Waals surface area contributed by atoms with Gasteiger partial charge in [-0.3, -0.25) is 4.68 Å². The van der Waals surface area contributed by atoms with Crippen LogP contribution in [0.4, 0.5) is 0 Å². The maximum absolute atomic E-state index is 13.2. The third-order valence-electron chi connectivity index (χ3n) is 6.02. The number of fused-ring (bicyclic) bond motifs is 2. The molecule has 158 valence electrons. The maximum atomic E-state index is 13.2. The van der Waals surface area contributed by atoms with Gasteiger partial charge in [-0.05, 0) is 49.4 Å². The number of piperidine rings is 1. The van der Waals surface area contributed by atoms with Gasteiger partial charge in [0.05, 0.1) is 32.6 Å². The van der Waals surface area contributed by atoms with E-state index in [9.17, 15) is 8.42 Å². The molecule has 1 saturated heterocycles. The highest BCUT2D eigenvalue weighted by atomic mass is 32.2. The lowest BCUT2D eigenvalue weighted by Crippen LogP contribution is -2.48. The Kier molecular flexibility index (Phi) is 5.08. The molecule has 0 amide bonds. The molecule has 0 saturated carbocycles. The molecule has 0 N–H and O–H groups in total. The molecule has 0 aliphatic carbocycles. The SMILES string of the molecule is COc1cc2c(cc1OC)C1(CCN(S(=O)(=O)c3c(C)cnn3C)CC1)OCC2. The Hall–Kier alpha value is -2.10. The largest absolute Gasteiger partial charge is 0.493 e. The summed E-state index contributed by atoms with van der Waals surface area (Å²) >= 11 is 0. The fourth-order valence-corrected chi connectivity index (χ4v) is 6.26. The number of sulfonamides is 1. The third kappa shape index (κ3) is 3.21. The van der Waals surface area contributed by atoms with Gasteiger partial charge < -0.3 is 14.2 Å². The second-order valence-corrected chi connectivity index (χ2v) is 9.47. The van der Waals surface area contributed by atoms with Crippen molar-refractivity contribution in [3.05, 3.63) is 35.0 Å². The number of rotatable bonds is 4. The normalized spacial score (nSPS) is 19.2. The second-order valence-electron chi connectivity index (χ2n) is 7.62. The van der Waals surface area contributed by atoms with Crippen LogP contribution in [0.1, 0.15) is 29.5 Å². The molecule has 1 aromatic heterocycles. The molecule has 0 atom stereocenters. The zero-order chi connectivity index (χ0) is 20.8. The first kappa shape index (κ1) is 20.2. The summed E-state index contributed by atoms with van der Waals surface area (Å²) in [6, 6.07) is 4.00. The van der Waals surface area contributed by atoms with Crippen LogP contribution in [0.5, 0.6) is 11.5 Å². The van der Waals surface area contributed by atoms with Crippen molar-refractivity contribution in [1.29, 1.82) is 0 Å². The van der Waals surface area contributed by atoms with Gasteiger partial charge in [0.2, 0.25) is 0 Å². The molecule has 2 aromatic rings. The van der Waals surface area contributed by atoms with E-state index >= 15 is 0 Å². The van der Waals surface area contributed by atoms with E-state index in [1.165, 1.54) is 10.2 Å². The van der Waals surface area contributed by atoms with Crippen molar-refractivity contribution < 1.29 is 22.6 Å². The number of hydrogen-bond donors (Lipinski definition) is 0. The van der Waals surface area contributed by atoms with E-state index in [1.54, 1.807) is 38.7 Å². The highest BCUT2D eigenvalue weighted by Crippen LogP contribution is 2.45. The number of benzene rings is 1. The molecule has 3 heterocycles. The first-order valence-electron chi connectivity index (χ1n) is 9.70. The van der Waals surface area contributed by atoms with Gasteiger partial charge in [0.25, 0.3) is 10.0 Å². The van der Waals surface area contributed by atoms with Crippen LogP contribution in [-0.2, 0) is 33.8 Å². The molecular formula is C20H27N3O5S. The summed E-state index contributed by atoms with van der Waals surface area (Å²) in [5.41, 5.74) is 2.41. The molecule has 1 aromatic carbocycles. The molecular weight excluding hydrogens is 394 g/mol. The van der Waals surface area contributed by atoms with E-state index in [-0.39, 0.29) is 5.03 Å². The molecule has 29 heavy (non-hydrogen) atoms. The minimum absolute atomic E-state index is 0.254. The smallest absolute Gasteiger partial charge is 0.260 e. The fraction of sp³-hybridized carbons (Fsp3) is 0.550. The summed E-state index contributed by atoms with van der Waals surface area (Å²) < 4.78 is 46.5. The molecule has 1 fully saturated rings. The van der Waals surface area contributed by atoms with Crippen molar-refractivity contribution in [2.24, 2.45) is 7.05 Å². The number of nitrogens with zero attached hydrogens (tertiary/aromatic N) is 3. The van der Waals surface area contributed by atoms with Crippen molar-refractivity contribution in [3.8, 4) is 11.5 Å². The van der Waals surface area contributed by atoms with Crippen molar-refractivity contribution in [3.63, 3.8) is 0 Å². The Morgan fingerprint density at radius 2 is 1.79 bits per heavy atom. The van der Waals surface area contributed by atoms with E-state index in [1.807, 2.05) is 12.1 Å². The zero-order valence-electron chi connectivity index (χ0n) is 17.3. The number of ether oxygens (including phenoxy) is 3. The van der Waals surface area contributed by atoms with E-state index in [0.29, 0.717) is 49.6 Å². The Morgan fingerprint density at radius 1 is 1.14 bits per heavy atom. The lowest BCUT2D eigenvalue weighted by atomic mass is 9.79. The van der Waals surface area contributed by atoms with Crippen LogP contribution < -0.4 is 9.47 Å². The van der Waals surface area contributed by atoms with Crippen molar-refractivity contribution in [2.75, 3.05) is 33.9 Å². The highest BCUT2D eigenvalue weighted by Gasteiger charge is 2.44. The van der Waals surface area contributed by atoms with Gasteiger partial charge in [-0.1, -0.05) is 0 Å². The molecule has 1 spiro atoms. The Labute approximate surface area is 171 Å². The van der Waals surface area contributed by atoms with Crippen molar-refractivity contribution in [1.82, 2.24) is 14.1 Å². The molecule has 0 bridgehead atoms. The van der Waals surface area contributed by atoms with Gasteiger partial charge in [0.15, 0.2) is 16.5 Å². The summed E-state index contributed by atoms with van der Waals surface area (Å²) in [5.74, 6) is 1.37. The highest BCUT2D eigenvalue weighted by molar-refractivity contribution is 7.89. The number of aryl methyl sites for hydroxylation is 2. The average Bonchev–Trinajstić information content (AvgIpc) is 3.06. The van der Waals surface area contributed by atoms with Crippen LogP contribution in [0.2, 0.25) is 0 Å². The lowest BCUT2D eigenvalue weighted by Gasteiger charge is -2.44. The van der Waals surface area contributed by atoms with Gasteiger partial charge in [-0.2, -0.15) is 9.40 Å². The van der Waals surface area contributed by atoms with Crippen molar-refractivity contribution in [2.45, 2.75) is 36.8 Å². The first-order chi connectivity index (χ1) is 13.8. The lowest BCUT2D eigenvalue weighted by molar-refractivity contribution is -0.0893. The Morgan fingerprint density at radius 3 is 2.38 bits per heavy atom. The van der Waals surface area contributed by atoms with E-state index in [4.69, 9.17) is 14.2 Å². The maximum Gasteiger partial charge on any atom is 0.260 e. The molecule has 4 rings (SSSR count). The van der Waals surface area contributed by atoms with Crippen molar-refractivity contribution >= 4 is 10.0 Å². The number of hydrogen-bond acceptors (Lipinski definition) is 6. The van der Waals surface area contributed by atoms with Gasteiger partial charge in [-0.15, -0.1) is 0 Å². The summed E-state index contributed by atoms with van der Waals surface area (Å²) in [4.78, 5) is 0. The van der Waals surface area contributed by atoms with Crippen LogP contribution in [0.3, 0.4) is 0 Å². The van der Waals surface area contributed by atoms with Gasteiger partial charge in [0.1, 0.15) is 0 Å². The minimum atomic E-state index is -3.60. The van der Waals surface area contributed by atoms with Gasteiger partial charge in [0, 0.05) is 25.7 Å². The summed E-state index contributed by atoms with van der Waals surface area (Å²) in [6.45, 7) is 3.16. The van der Waals surface area contributed by atoms with Crippen LogP contribution in [0.15, 0.2) is 23.4 Å². The van der Waals surface area contributed by atoms with Crippen LogP contribution in [-0.4, -0.2) is 56.4 Å². The minimum Gasteiger partial charge on any atom is -0.493 e. The van der Waals surface area contributed by atoms with Crippen LogP contribution in [0.25, 0.3) is 0 Å². The predicted octanol–water partition coefficient (Wildman–Crippen LogP) is 2.00. The molecule has 0 unspecified atom stereocenters. The average molecular weight is 422 g/mol. The fourth-order valence-electron chi connectivity index (χ4n) is 4.52. The molecule has 9 heteroatoms. The van der Waals surface area contributed by atoms with Gasteiger partial charge in [-0.25, -0.2) is 8.42 Å². The quantitative estimate of drug-likeness (QED) is 0.751. The summed E-state index contributed by atoms with van der Waals surface area (Å²) in [7, 11) is 1.30. The second kappa shape index (κ2) is 7.30. The topological polar surface area (TPSA) is 82.9 Å². The zero-order valence-corrected chi connectivity index (χ0v) is 18.1. The predicted molar refractivity (Wildman–Crippen MR) is 107 cm³/mol. The molecule has 2 aliphatic rings. The van der Waals surface area contributed by atoms with E-state index < -0.39 is 15.6 Å². The van der Waals surface area contributed by atoms with Crippen LogP contribution in [0, 0.1) is 6.92 Å². The van der Waals surface area contributed by atoms with E-state index in [2.05, 4.69) is 5.10 Å². The van der Waals surface area contributed by atoms with Crippen LogP contribution >= 0.6 is 0 Å². The van der Waals surface area contributed by atoms with Gasteiger partial charge >= 0.3 is 0 Å². The Balaban J connectivity index is 1.64.